The van der Waals surface area contributed by atoms with Gasteiger partial charge < -0.3 is 14.8 Å². The van der Waals surface area contributed by atoms with Gasteiger partial charge in [-0.3, -0.25) is 4.79 Å². The Kier molecular flexibility index (Phi) is 7.15. The molecule has 2 rings (SSSR count). The van der Waals surface area contributed by atoms with Crippen molar-refractivity contribution in [2.75, 3.05) is 13.7 Å². The van der Waals surface area contributed by atoms with Crippen LogP contribution < -0.4 is 14.8 Å². The molecule has 0 bridgehead atoms. The van der Waals surface area contributed by atoms with Gasteiger partial charge in [-0.1, -0.05) is 37.3 Å². The van der Waals surface area contributed by atoms with Crippen LogP contribution in [-0.4, -0.2) is 19.6 Å². The number of ether oxygens (including phenoxy) is 2. The maximum atomic E-state index is 11.3. The molecule has 1 amide bonds. The molecule has 4 heteroatoms. The number of benzene rings is 2. The highest BCUT2D eigenvalue weighted by molar-refractivity contribution is 5.75. The standard InChI is InChI=1S/C20H25NO3/c1-3-20(22)21-13-7-10-17-14-18(11-12-19(17)23-2)24-15-16-8-5-4-6-9-16/h4-6,8-9,11-12,14H,3,7,10,13,15H2,1-2H3,(H,21,22). The summed E-state index contributed by atoms with van der Waals surface area (Å²) in [5.74, 6) is 1.76. The van der Waals surface area contributed by atoms with Crippen LogP contribution in [0.25, 0.3) is 0 Å². The van der Waals surface area contributed by atoms with E-state index in [0.29, 0.717) is 19.6 Å². The van der Waals surface area contributed by atoms with Gasteiger partial charge in [0.2, 0.25) is 5.91 Å². The fourth-order valence-electron chi connectivity index (χ4n) is 2.41. The fourth-order valence-corrected chi connectivity index (χ4v) is 2.41. The van der Waals surface area contributed by atoms with Gasteiger partial charge in [0.1, 0.15) is 18.1 Å². The number of hydrogen-bond donors (Lipinski definition) is 1. The second kappa shape index (κ2) is 9.60. The lowest BCUT2D eigenvalue weighted by atomic mass is 10.1. The number of rotatable bonds is 9. The second-order valence-electron chi connectivity index (χ2n) is 5.55. The Labute approximate surface area is 143 Å². The molecule has 0 saturated carbocycles. The van der Waals surface area contributed by atoms with Crippen LogP contribution in [0.1, 0.15) is 30.9 Å². The molecule has 0 fully saturated rings. The number of carbonyl (C=O) groups excluding carboxylic acids is 1. The van der Waals surface area contributed by atoms with Crippen LogP contribution in [-0.2, 0) is 17.8 Å². The molecule has 24 heavy (non-hydrogen) atoms. The van der Waals surface area contributed by atoms with Gasteiger partial charge in [0, 0.05) is 13.0 Å². The Balaban J connectivity index is 1.92. The maximum absolute atomic E-state index is 11.3. The Hall–Kier alpha value is -2.49. The molecule has 0 aliphatic rings. The Morgan fingerprint density at radius 1 is 1.12 bits per heavy atom. The molecule has 0 unspecified atom stereocenters. The summed E-state index contributed by atoms with van der Waals surface area (Å²) >= 11 is 0. The summed E-state index contributed by atoms with van der Waals surface area (Å²) < 4.78 is 11.3. The van der Waals surface area contributed by atoms with Crippen LogP contribution >= 0.6 is 0 Å². The monoisotopic (exact) mass is 327 g/mol. The molecule has 128 valence electrons. The topological polar surface area (TPSA) is 47.6 Å². The Bertz CT molecular complexity index is 641. The smallest absolute Gasteiger partial charge is 0.219 e. The predicted octanol–water partition coefficient (Wildman–Crippen LogP) is 3.73. The molecule has 0 saturated heterocycles. The van der Waals surface area contributed by atoms with Crippen LogP contribution in [0.2, 0.25) is 0 Å². The summed E-state index contributed by atoms with van der Waals surface area (Å²) in [6.07, 6.45) is 2.21. The van der Waals surface area contributed by atoms with Crippen molar-refractivity contribution in [2.24, 2.45) is 0 Å². The summed E-state index contributed by atoms with van der Waals surface area (Å²) in [5.41, 5.74) is 2.23. The van der Waals surface area contributed by atoms with Crippen molar-refractivity contribution >= 4 is 5.91 Å². The first-order valence-electron chi connectivity index (χ1n) is 8.33. The van der Waals surface area contributed by atoms with E-state index in [0.717, 1.165) is 35.5 Å². The van der Waals surface area contributed by atoms with Gasteiger partial charge in [0.25, 0.3) is 0 Å². The van der Waals surface area contributed by atoms with E-state index in [1.807, 2.05) is 55.5 Å². The minimum atomic E-state index is 0.0851. The van der Waals surface area contributed by atoms with Crippen molar-refractivity contribution < 1.29 is 14.3 Å². The van der Waals surface area contributed by atoms with Gasteiger partial charge >= 0.3 is 0 Å². The van der Waals surface area contributed by atoms with Crippen LogP contribution in [0.15, 0.2) is 48.5 Å². The molecule has 0 heterocycles. The van der Waals surface area contributed by atoms with E-state index in [1.54, 1.807) is 7.11 Å². The molecule has 0 atom stereocenters. The highest BCUT2D eigenvalue weighted by Crippen LogP contribution is 2.25. The lowest BCUT2D eigenvalue weighted by Crippen LogP contribution is -2.23. The number of aryl methyl sites for hydroxylation is 1. The third kappa shape index (κ3) is 5.61. The van der Waals surface area contributed by atoms with E-state index in [-0.39, 0.29) is 5.91 Å². The zero-order chi connectivity index (χ0) is 17.2. The van der Waals surface area contributed by atoms with Crippen LogP contribution in [0.4, 0.5) is 0 Å². The third-order valence-electron chi connectivity index (χ3n) is 3.77. The van der Waals surface area contributed by atoms with Crippen molar-refractivity contribution in [3.63, 3.8) is 0 Å². The number of methoxy groups -OCH3 is 1. The number of hydrogen-bond acceptors (Lipinski definition) is 3. The van der Waals surface area contributed by atoms with E-state index in [9.17, 15) is 4.79 Å². The van der Waals surface area contributed by atoms with E-state index < -0.39 is 0 Å². The van der Waals surface area contributed by atoms with Gasteiger partial charge in [-0.15, -0.1) is 0 Å². The van der Waals surface area contributed by atoms with Crippen LogP contribution in [0, 0.1) is 0 Å². The summed E-state index contributed by atoms with van der Waals surface area (Å²) in [5, 5.41) is 2.89. The normalized spacial score (nSPS) is 10.2. The zero-order valence-electron chi connectivity index (χ0n) is 14.4. The number of amides is 1. The minimum Gasteiger partial charge on any atom is -0.496 e. The average Bonchev–Trinajstić information content (AvgIpc) is 2.64. The quantitative estimate of drug-likeness (QED) is 0.714. The van der Waals surface area contributed by atoms with Crippen molar-refractivity contribution in [1.82, 2.24) is 5.32 Å². The Morgan fingerprint density at radius 3 is 2.62 bits per heavy atom. The molecule has 0 aromatic heterocycles. The van der Waals surface area contributed by atoms with Gasteiger partial charge in [0.05, 0.1) is 7.11 Å². The fraction of sp³-hybridized carbons (Fsp3) is 0.350. The molecule has 2 aromatic rings. The number of nitrogens with one attached hydrogen (secondary N) is 1. The summed E-state index contributed by atoms with van der Waals surface area (Å²) in [7, 11) is 1.67. The lowest BCUT2D eigenvalue weighted by Gasteiger charge is -2.12. The van der Waals surface area contributed by atoms with Crippen LogP contribution in [0.3, 0.4) is 0 Å². The summed E-state index contributed by atoms with van der Waals surface area (Å²) in [6.45, 7) is 3.07. The van der Waals surface area contributed by atoms with Gasteiger partial charge in [0.15, 0.2) is 0 Å². The summed E-state index contributed by atoms with van der Waals surface area (Å²) in [6, 6.07) is 16.0. The third-order valence-corrected chi connectivity index (χ3v) is 3.77. The molecule has 0 aliphatic heterocycles. The summed E-state index contributed by atoms with van der Waals surface area (Å²) in [4.78, 5) is 11.3. The van der Waals surface area contributed by atoms with E-state index >= 15 is 0 Å². The zero-order valence-corrected chi connectivity index (χ0v) is 14.4. The molecule has 0 aliphatic carbocycles. The Morgan fingerprint density at radius 2 is 1.92 bits per heavy atom. The lowest BCUT2D eigenvalue weighted by molar-refractivity contribution is -0.120. The van der Waals surface area contributed by atoms with Gasteiger partial charge in [-0.25, -0.2) is 0 Å². The molecule has 0 radical (unpaired) electrons. The predicted molar refractivity (Wildman–Crippen MR) is 95.4 cm³/mol. The van der Waals surface area contributed by atoms with E-state index in [1.165, 1.54) is 0 Å². The van der Waals surface area contributed by atoms with Crippen molar-refractivity contribution in [1.29, 1.82) is 0 Å². The molecule has 0 spiro atoms. The van der Waals surface area contributed by atoms with E-state index in [2.05, 4.69) is 5.32 Å². The van der Waals surface area contributed by atoms with Crippen molar-refractivity contribution in [2.45, 2.75) is 32.8 Å². The molecule has 4 nitrogen and oxygen atoms in total. The maximum Gasteiger partial charge on any atom is 0.219 e. The highest BCUT2D eigenvalue weighted by Gasteiger charge is 2.06. The molecule has 2 aromatic carbocycles. The highest BCUT2D eigenvalue weighted by atomic mass is 16.5. The minimum absolute atomic E-state index is 0.0851. The number of carbonyl (C=O) groups is 1. The largest absolute Gasteiger partial charge is 0.496 e. The average molecular weight is 327 g/mol. The van der Waals surface area contributed by atoms with Crippen LogP contribution in [0.5, 0.6) is 11.5 Å². The second-order valence-corrected chi connectivity index (χ2v) is 5.55. The molecular weight excluding hydrogens is 302 g/mol. The first-order valence-corrected chi connectivity index (χ1v) is 8.33. The van der Waals surface area contributed by atoms with Gasteiger partial charge in [-0.05, 0) is 42.2 Å². The van der Waals surface area contributed by atoms with Crippen molar-refractivity contribution in [3.8, 4) is 11.5 Å². The van der Waals surface area contributed by atoms with E-state index in [4.69, 9.17) is 9.47 Å². The SMILES string of the molecule is CCC(=O)NCCCc1cc(OCc2ccccc2)ccc1OC. The van der Waals surface area contributed by atoms with Gasteiger partial charge in [-0.2, -0.15) is 0 Å². The first kappa shape index (κ1) is 17.9. The first-order chi connectivity index (χ1) is 11.7. The molecular formula is C20H25NO3. The molecule has 1 N–H and O–H groups in total. The van der Waals surface area contributed by atoms with Crippen molar-refractivity contribution in [3.05, 3.63) is 59.7 Å².